The molecule has 2 nitrogen and oxygen atoms in total. The number of terminal acetylenes is 1. The topological polar surface area (TPSA) is 46.2 Å². The molecule has 0 aliphatic rings. The van der Waals surface area contributed by atoms with E-state index in [4.69, 9.17) is 12.2 Å². The zero-order valence-corrected chi connectivity index (χ0v) is 11.5. The Bertz CT molecular complexity index is 847. The monoisotopic (exact) mass is 273 g/mol. The normalized spacial score (nSPS) is 13.5. The van der Waals surface area contributed by atoms with E-state index in [-0.39, 0.29) is 0 Å². The molecule has 3 rings (SSSR count). The Labute approximate surface area is 123 Å². The molecule has 0 heterocycles. The van der Waals surface area contributed by atoms with E-state index in [1.54, 1.807) is 12.1 Å². The van der Waals surface area contributed by atoms with Crippen molar-refractivity contribution in [2.75, 3.05) is 5.73 Å². The van der Waals surface area contributed by atoms with Gasteiger partial charge in [0.15, 0.2) is 5.60 Å². The van der Waals surface area contributed by atoms with Gasteiger partial charge in [-0.3, -0.25) is 0 Å². The largest absolute Gasteiger partial charge is 0.398 e. The summed E-state index contributed by atoms with van der Waals surface area (Å²) in [5.41, 5.74) is 6.09. The van der Waals surface area contributed by atoms with Crippen LogP contribution in [-0.2, 0) is 5.60 Å². The third-order valence-corrected chi connectivity index (χ3v) is 3.73. The average molecular weight is 273 g/mol. The molecule has 2 heteroatoms. The molecule has 1 atom stereocenters. The summed E-state index contributed by atoms with van der Waals surface area (Å²) < 4.78 is 0. The smallest absolute Gasteiger partial charge is 0.178 e. The van der Waals surface area contributed by atoms with E-state index >= 15 is 0 Å². The average Bonchev–Trinajstić information content (AvgIpc) is 2.54. The summed E-state index contributed by atoms with van der Waals surface area (Å²) in [4.78, 5) is 0. The van der Waals surface area contributed by atoms with Gasteiger partial charge in [-0.25, -0.2) is 0 Å². The van der Waals surface area contributed by atoms with Gasteiger partial charge in [-0.1, -0.05) is 60.5 Å². The Morgan fingerprint density at radius 3 is 2.29 bits per heavy atom. The summed E-state index contributed by atoms with van der Waals surface area (Å²) in [6.07, 6.45) is 5.63. The fourth-order valence-corrected chi connectivity index (χ4v) is 2.56. The fraction of sp³-hybridized carbons (Fsp3) is 0.0526. The molecule has 0 spiro atoms. The summed E-state index contributed by atoms with van der Waals surface area (Å²) in [5, 5.41) is 13.1. The van der Waals surface area contributed by atoms with Crippen molar-refractivity contribution in [1.82, 2.24) is 0 Å². The Balaban J connectivity index is 2.22. The quantitative estimate of drug-likeness (QED) is 0.556. The van der Waals surface area contributed by atoms with Gasteiger partial charge in [-0.05, 0) is 22.9 Å². The van der Waals surface area contributed by atoms with Crippen LogP contribution in [0.3, 0.4) is 0 Å². The highest BCUT2D eigenvalue weighted by Crippen LogP contribution is 2.34. The van der Waals surface area contributed by atoms with Gasteiger partial charge in [0.1, 0.15) is 0 Å². The van der Waals surface area contributed by atoms with Gasteiger partial charge in [-0.2, -0.15) is 0 Å². The molecule has 0 amide bonds. The molecule has 3 aromatic carbocycles. The first-order chi connectivity index (χ1) is 10.1. The van der Waals surface area contributed by atoms with Gasteiger partial charge in [-0.15, -0.1) is 6.42 Å². The standard InChI is InChI=1S/C19H15NO/c1-2-19(21,17-9-5-6-10-18(17)20)16-12-11-14-7-3-4-8-15(14)13-16/h1,3-13,21H,20H2. The number of anilines is 1. The first kappa shape index (κ1) is 13.2. The van der Waals surface area contributed by atoms with Crippen LogP contribution in [-0.4, -0.2) is 5.11 Å². The van der Waals surface area contributed by atoms with E-state index in [9.17, 15) is 5.11 Å². The van der Waals surface area contributed by atoms with Crippen LogP contribution in [0.5, 0.6) is 0 Å². The molecule has 102 valence electrons. The van der Waals surface area contributed by atoms with Crippen LogP contribution in [0.2, 0.25) is 0 Å². The second kappa shape index (κ2) is 4.97. The van der Waals surface area contributed by atoms with Crippen molar-refractivity contribution in [2.24, 2.45) is 0 Å². The molecule has 0 aliphatic heterocycles. The molecule has 0 radical (unpaired) electrons. The molecule has 3 aromatic rings. The molecule has 0 aromatic heterocycles. The van der Waals surface area contributed by atoms with Gasteiger partial charge >= 0.3 is 0 Å². The van der Waals surface area contributed by atoms with Crippen LogP contribution in [0.25, 0.3) is 10.8 Å². The van der Waals surface area contributed by atoms with E-state index in [1.807, 2.05) is 54.6 Å². The van der Waals surface area contributed by atoms with Crippen LogP contribution in [0.1, 0.15) is 11.1 Å². The van der Waals surface area contributed by atoms with Crippen molar-refractivity contribution in [3.63, 3.8) is 0 Å². The first-order valence-corrected chi connectivity index (χ1v) is 6.69. The lowest BCUT2D eigenvalue weighted by atomic mass is 9.85. The highest BCUT2D eigenvalue weighted by Gasteiger charge is 2.31. The number of hydrogen-bond acceptors (Lipinski definition) is 2. The highest BCUT2D eigenvalue weighted by atomic mass is 16.3. The zero-order valence-electron chi connectivity index (χ0n) is 11.5. The minimum absolute atomic E-state index is 0.478. The number of rotatable bonds is 2. The van der Waals surface area contributed by atoms with Crippen molar-refractivity contribution < 1.29 is 5.11 Å². The fourth-order valence-electron chi connectivity index (χ4n) is 2.56. The van der Waals surface area contributed by atoms with E-state index in [0.29, 0.717) is 16.8 Å². The molecular weight excluding hydrogens is 258 g/mol. The summed E-state index contributed by atoms with van der Waals surface area (Å²) >= 11 is 0. The maximum absolute atomic E-state index is 11.0. The number of nitrogens with two attached hydrogens (primary N) is 1. The van der Waals surface area contributed by atoms with Gasteiger partial charge in [0, 0.05) is 16.8 Å². The van der Waals surface area contributed by atoms with Crippen molar-refractivity contribution in [3.05, 3.63) is 77.9 Å². The number of para-hydroxylation sites is 1. The van der Waals surface area contributed by atoms with Crippen LogP contribution in [0.15, 0.2) is 66.7 Å². The van der Waals surface area contributed by atoms with E-state index < -0.39 is 5.60 Å². The molecular formula is C19H15NO. The minimum atomic E-state index is -1.53. The third kappa shape index (κ3) is 2.14. The van der Waals surface area contributed by atoms with Crippen molar-refractivity contribution in [1.29, 1.82) is 0 Å². The highest BCUT2D eigenvalue weighted by molar-refractivity contribution is 5.83. The van der Waals surface area contributed by atoms with Crippen LogP contribution in [0, 0.1) is 12.3 Å². The first-order valence-electron chi connectivity index (χ1n) is 6.69. The Morgan fingerprint density at radius 2 is 1.57 bits per heavy atom. The van der Waals surface area contributed by atoms with Gasteiger partial charge < -0.3 is 10.8 Å². The lowest BCUT2D eigenvalue weighted by Crippen LogP contribution is -2.26. The third-order valence-electron chi connectivity index (χ3n) is 3.73. The number of aliphatic hydroxyl groups is 1. The summed E-state index contributed by atoms with van der Waals surface area (Å²) in [6.45, 7) is 0. The van der Waals surface area contributed by atoms with Crippen molar-refractivity contribution in [3.8, 4) is 12.3 Å². The van der Waals surface area contributed by atoms with Crippen molar-refractivity contribution in [2.45, 2.75) is 5.60 Å². The molecule has 0 fully saturated rings. The van der Waals surface area contributed by atoms with Gasteiger partial charge in [0.2, 0.25) is 0 Å². The number of hydrogen-bond donors (Lipinski definition) is 2. The predicted octanol–water partition coefficient (Wildman–Crippen LogP) is 3.29. The summed E-state index contributed by atoms with van der Waals surface area (Å²) in [5.74, 6) is 2.49. The summed E-state index contributed by atoms with van der Waals surface area (Å²) in [7, 11) is 0. The van der Waals surface area contributed by atoms with Crippen molar-refractivity contribution >= 4 is 16.5 Å². The van der Waals surface area contributed by atoms with Crippen LogP contribution in [0.4, 0.5) is 5.69 Å². The maximum Gasteiger partial charge on any atom is 0.178 e. The number of benzene rings is 3. The molecule has 1 unspecified atom stereocenters. The van der Waals surface area contributed by atoms with E-state index in [1.165, 1.54) is 0 Å². The van der Waals surface area contributed by atoms with E-state index in [0.717, 1.165) is 10.8 Å². The predicted molar refractivity (Wildman–Crippen MR) is 86.6 cm³/mol. The molecule has 0 saturated heterocycles. The Kier molecular flexibility index (Phi) is 3.13. The molecule has 0 saturated carbocycles. The van der Waals surface area contributed by atoms with Crippen LogP contribution >= 0.6 is 0 Å². The zero-order chi connectivity index (χ0) is 14.9. The van der Waals surface area contributed by atoms with Crippen LogP contribution < -0.4 is 5.73 Å². The second-order valence-electron chi connectivity index (χ2n) is 5.00. The van der Waals surface area contributed by atoms with E-state index in [2.05, 4.69) is 5.92 Å². The lowest BCUT2D eigenvalue weighted by molar-refractivity contribution is 0.146. The molecule has 0 aliphatic carbocycles. The summed E-state index contributed by atoms with van der Waals surface area (Å²) in [6, 6.07) is 20.8. The molecule has 0 bridgehead atoms. The maximum atomic E-state index is 11.0. The number of fused-ring (bicyclic) bond motifs is 1. The lowest BCUT2D eigenvalue weighted by Gasteiger charge is -2.25. The molecule has 3 N–H and O–H groups in total. The minimum Gasteiger partial charge on any atom is -0.398 e. The SMILES string of the molecule is C#CC(O)(c1ccc2ccccc2c1)c1ccccc1N. The second-order valence-corrected chi connectivity index (χ2v) is 5.00. The Morgan fingerprint density at radius 1 is 0.905 bits per heavy atom. The number of nitrogen functional groups attached to an aromatic ring is 1. The molecule has 21 heavy (non-hydrogen) atoms. The Hall–Kier alpha value is -2.76. The van der Waals surface area contributed by atoms with Gasteiger partial charge in [0.25, 0.3) is 0 Å². The van der Waals surface area contributed by atoms with Gasteiger partial charge in [0.05, 0.1) is 0 Å².